The van der Waals surface area contributed by atoms with E-state index in [1.807, 2.05) is 0 Å². The molecule has 0 saturated carbocycles. The number of phenols is 1. The van der Waals surface area contributed by atoms with Crippen LogP contribution in [0, 0.1) is 0 Å². The maximum absolute atomic E-state index is 12.5. The zero-order valence-corrected chi connectivity index (χ0v) is 30.8. The zero-order valence-electron chi connectivity index (χ0n) is 27.5. The van der Waals surface area contributed by atoms with Crippen molar-refractivity contribution in [3.8, 4) is 11.4 Å². The smallest absolute Gasteiger partial charge is 0.296 e. The molecule has 56 heavy (non-hydrogen) atoms. The minimum absolute atomic E-state index is 0.0422. The van der Waals surface area contributed by atoms with Crippen molar-refractivity contribution in [1.82, 2.24) is 15.0 Å². The van der Waals surface area contributed by atoms with Gasteiger partial charge in [0.2, 0.25) is 0 Å². The summed E-state index contributed by atoms with van der Waals surface area (Å²) in [6.07, 6.45) is 0. The number of nitrogens with zero attached hydrogens (tertiary/aromatic N) is 7. The second-order valence-corrected chi connectivity index (χ2v) is 17.4. The fourth-order valence-electron chi connectivity index (χ4n) is 5.48. The summed E-state index contributed by atoms with van der Waals surface area (Å²) in [5.74, 6) is -0.670. The zero-order chi connectivity index (χ0) is 40.4. The molecule has 6 aromatic carbocycles. The largest absolute Gasteiger partial charge is 0.505 e. The number of azo groups is 2. The molecule has 1 aromatic heterocycles. The number of benzene rings is 6. The van der Waals surface area contributed by atoms with Crippen molar-refractivity contribution in [3.05, 3.63) is 97.1 Å². The van der Waals surface area contributed by atoms with Gasteiger partial charge in [0.25, 0.3) is 40.5 Å². The van der Waals surface area contributed by atoms with E-state index in [1.165, 1.54) is 66.7 Å². The molecule has 0 bridgehead atoms. The van der Waals surface area contributed by atoms with Crippen LogP contribution < -0.4 is 0 Å². The molecule has 0 spiro atoms. The number of phenolic OH excluding ortho intramolecular Hbond substituents is 1. The normalized spacial score (nSPS) is 13.1. The molecule has 24 heteroatoms. The Kier molecular flexibility index (Phi) is 9.25. The predicted octanol–water partition coefficient (Wildman–Crippen LogP) is 6.25. The topological polar surface area (TPSA) is 318 Å². The molecule has 0 unspecified atom stereocenters. The van der Waals surface area contributed by atoms with Gasteiger partial charge in [0.05, 0.1) is 32.5 Å². The molecule has 1 heterocycles. The van der Waals surface area contributed by atoms with E-state index in [9.17, 15) is 52.4 Å². The highest BCUT2D eigenvalue weighted by atomic mass is 32.2. The van der Waals surface area contributed by atoms with Crippen LogP contribution in [0.15, 0.2) is 137 Å². The van der Waals surface area contributed by atoms with Crippen molar-refractivity contribution < 1.29 is 57.0 Å². The lowest BCUT2D eigenvalue weighted by atomic mass is 10.1. The van der Waals surface area contributed by atoms with E-state index in [1.54, 1.807) is 0 Å². The second kappa shape index (κ2) is 13.6. The number of aromatic nitrogens is 3. The third-order valence-electron chi connectivity index (χ3n) is 8.07. The van der Waals surface area contributed by atoms with Gasteiger partial charge in [-0.2, -0.15) is 53.8 Å². The van der Waals surface area contributed by atoms with Crippen molar-refractivity contribution in [2.24, 2.45) is 20.5 Å². The van der Waals surface area contributed by atoms with Gasteiger partial charge in [-0.1, -0.05) is 6.07 Å². The average Bonchev–Trinajstić information content (AvgIpc) is 3.57. The molecule has 0 amide bonds. The molecule has 0 aliphatic carbocycles. The summed E-state index contributed by atoms with van der Waals surface area (Å²) in [7, 11) is -19.3. The molecule has 0 fully saturated rings. The highest BCUT2D eigenvalue weighted by molar-refractivity contribution is 7.87. The Bertz CT molecular complexity index is 3300. The van der Waals surface area contributed by atoms with E-state index >= 15 is 0 Å². The first-order chi connectivity index (χ1) is 26.2. The van der Waals surface area contributed by atoms with Crippen LogP contribution in [-0.2, 0) is 40.5 Å². The maximum atomic E-state index is 12.5. The standard InChI is InChI=1S/C32H21N7O13S4/c40-32-24-10-7-21(39-37-27-12-11-25-26(30(27)38-39)15-23(54(44,45)46)16-28(25)55(47,48)49)13-17(24)14-29(56(50,51)52)31(32)36-35-19-3-1-18(2-4-19)33-34-20-5-8-22(9-6-20)53(41,42)43/h1-16,40H,(H,41,42,43)(H,44,45,46)(H,47,48,49)(H,50,51,52). The number of hydrogen-bond acceptors (Lipinski definition) is 15. The van der Waals surface area contributed by atoms with Crippen LogP contribution in [0.1, 0.15) is 0 Å². The van der Waals surface area contributed by atoms with Crippen molar-refractivity contribution in [3.63, 3.8) is 0 Å². The Balaban J connectivity index is 1.23. The Hall–Kier alpha value is -6.12. The third-order valence-corrected chi connectivity index (χ3v) is 11.5. The van der Waals surface area contributed by atoms with Crippen LogP contribution in [0.4, 0.5) is 22.7 Å². The van der Waals surface area contributed by atoms with Crippen LogP contribution in [-0.4, -0.2) is 72.0 Å². The number of aromatic hydroxyl groups is 1. The lowest BCUT2D eigenvalue weighted by Gasteiger charge is -2.10. The van der Waals surface area contributed by atoms with Gasteiger partial charge in [0.1, 0.15) is 26.5 Å². The van der Waals surface area contributed by atoms with Crippen molar-refractivity contribution in [2.45, 2.75) is 19.6 Å². The Morgan fingerprint density at radius 3 is 1.57 bits per heavy atom. The SMILES string of the molecule is O=S(=O)(O)c1ccc(N=Nc2ccc(N=Nc3c(S(=O)(=O)O)cc4cc(-n5nc6ccc7c(S(=O)(=O)O)cc(S(=O)(=O)O)cc7c6n5)ccc4c3O)cc2)cc1. The van der Waals surface area contributed by atoms with Crippen LogP contribution in [0.3, 0.4) is 0 Å². The predicted molar refractivity (Wildman–Crippen MR) is 196 cm³/mol. The van der Waals surface area contributed by atoms with Crippen LogP contribution in [0.5, 0.6) is 5.75 Å². The highest BCUT2D eigenvalue weighted by Crippen LogP contribution is 2.42. The van der Waals surface area contributed by atoms with Gasteiger partial charge in [0, 0.05) is 16.2 Å². The molecule has 5 N–H and O–H groups in total. The van der Waals surface area contributed by atoms with Crippen LogP contribution in [0.2, 0.25) is 0 Å². The molecule has 0 aliphatic rings. The molecular weight excluding hydrogens is 819 g/mol. The summed E-state index contributed by atoms with van der Waals surface area (Å²) in [6, 6.07) is 20.1. The quantitative estimate of drug-likeness (QED) is 0.0792. The van der Waals surface area contributed by atoms with Crippen LogP contribution in [0.25, 0.3) is 38.3 Å². The van der Waals surface area contributed by atoms with Gasteiger partial charge in [-0.3, -0.25) is 18.2 Å². The molecule has 7 rings (SSSR count). The number of hydrogen-bond donors (Lipinski definition) is 5. The second-order valence-electron chi connectivity index (χ2n) is 11.7. The first-order valence-electron chi connectivity index (χ1n) is 15.2. The van der Waals surface area contributed by atoms with E-state index < -0.39 is 66.6 Å². The first-order valence-corrected chi connectivity index (χ1v) is 21.0. The van der Waals surface area contributed by atoms with Gasteiger partial charge in [-0.15, -0.1) is 15.3 Å². The minimum atomic E-state index is -5.02. The monoisotopic (exact) mass is 839 g/mol. The molecule has 0 aliphatic heterocycles. The molecule has 0 radical (unpaired) electrons. The third kappa shape index (κ3) is 7.57. The lowest BCUT2D eigenvalue weighted by molar-refractivity contribution is 0.472. The molecular formula is C32H21N7O13S4. The number of rotatable bonds is 9. The van der Waals surface area contributed by atoms with Gasteiger partial charge in [0.15, 0.2) is 5.75 Å². The van der Waals surface area contributed by atoms with E-state index in [0.717, 1.165) is 29.1 Å². The Morgan fingerprint density at radius 2 is 1.02 bits per heavy atom. The highest BCUT2D eigenvalue weighted by Gasteiger charge is 2.24. The van der Waals surface area contributed by atoms with E-state index in [0.29, 0.717) is 11.8 Å². The summed E-state index contributed by atoms with van der Waals surface area (Å²) in [5, 5.41) is 35.5. The van der Waals surface area contributed by atoms with Gasteiger partial charge < -0.3 is 5.11 Å². The van der Waals surface area contributed by atoms with Gasteiger partial charge in [-0.25, -0.2) is 0 Å². The minimum Gasteiger partial charge on any atom is -0.505 e. The van der Waals surface area contributed by atoms with E-state index in [2.05, 4.69) is 30.7 Å². The van der Waals surface area contributed by atoms with Gasteiger partial charge >= 0.3 is 0 Å². The summed E-state index contributed by atoms with van der Waals surface area (Å²) in [4.78, 5) is -1.73. The van der Waals surface area contributed by atoms with Crippen molar-refractivity contribution >= 4 is 95.8 Å². The molecule has 0 saturated heterocycles. The van der Waals surface area contributed by atoms with Crippen molar-refractivity contribution in [1.29, 1.82) is 0 Å². The summed E-state index contributed by atoms with van der Waals surface area (Å²) < 4.78 is 134. The Labute approximate surface area is 315 Å². The summed E-state index contributed by atoms with van der Waals surface area (Å²) in [5.41, 5.74) is 0.439. The summed E-state index contributed by atoms with van der Waals surface area (Å²) in [6.45, 7) is 0. The van der Waals surface area contributed by atoms with Crippen molar-refractivity contribution in [2.75, 3.05) is 0 Å². The molecule has 0 atom stereocenters. The van der Waals surface area contributed by atoms with E-state index in [4.69, 9.17) is 4.55 Å². The number of fused-ring (bicyclic) bond motifs is 4. The summed E-state index contributed by atoms with van der Waals surface area (Å²) >= 11 is 0. The average molecular weight is 840 g/mol. The fraction of sp³-hybridized carbons (Fsp3) is 0. The molecule has 7 aromatic rings. The van der Waals surface area contributed by atoms with Crippen LogP contribution >= 0.6 is 0 Å². The molecule has 20 nitrogen and oxygen atoms in total. The fourth-order valence-corrected chi connectivity index (χ4v) is 7.96. The Morgan fingerprint density at radius 1 is 0.482 bits per heavy atom. The lowest BCUT2D eigenvalue weighted by Crippen LogP contribution is -2.04. The maximum Gasteiger partial charge on any atom is 0.296 e. The molecule has 286 valence electrons. The van der Waals surface area contributed by atoms with E-state index in [-0.39, 0.29) is 54.5 Å². The van der Waals surface area contributed by atoms with Gasteiger partial charge in [-0.05, 0) is 96.4 Å². The first kappa shape index (κ1) is 38.2.